The molecule has 9 nitrogen and oxygen atoms in total. The summed E-state index contributed by atoms with van der Waals surface area (Å²) in [5.41, 5.74) is 1.84. The lowest BCUT2D eigenvalue weighted by molar-refractivity contribution is -0.116. The lowest BCUT2D eigenvalue weighted by Gasteiger charge is -2.14. The second-order valence-electron chi connectivity index (χ2n) is 8.38. The first-order chi connectivity index (χ1) is 16.2. The Morgan fingerprint density at radius 3 is 2.65 bits per heavy atom. The van der Waals surface area contributed by atoms with E-state index in [1.165, 1.54) is 18.2 Å². The van der Waals surface area contributed by atoms with Gasteiger partial charge < -0.3 is 5.32 Å². The fourth-order valence-corrected chi connectivity index (χ4v) is 5.09. The third kappa shape index (κ3) is 5.17. The predicted molar refractivity (Wildman–Crippen MR) is 127 cm³/mol. The third-order valence-corrected chi connectivity index (χ3v) is 7.12. The summed E-state index contributed by atoms with van der Waals surface area (Å²) in [6, 6.07) is 11.0. The van der Waals surface area contributed by atoms with Gasteiger partial charge in [0.15, 0.2) is 0 Å². The molecule has 2 aromatic carbocycles. The van der Waals surface area contributed by atoms with Crippen LogP contribution in [0.15, 0.2) is 52.4 Å². The predicted octanol–water partition coefficient (Wildman–Crippen LogP) is 2.87. The molecule has 0 bridgehead atoms. The van der Waals surface area contributed by atoms with E-state index in [0.717, 1.165) is 29.7 Å². The highest BCUT2D eigenvalue weighted by molar-refractivity contribution is 7.90. The van der Waals surface area contributed by atoms with Crippen LogP contribution in [0.3, 0.4) is 0 Å². The van der Waals surface area contributed by atoms with Crippen molar-refractivity contribution in [3.63, 3.8) is 0 Å². The largest absolute Gasteiger partial charge is 0.326 e. The first-order valence-corrected chi connectivity index (χ1v) is 12.7. The summed E-state index contributed by atoms with van der Waals surface area (Å²) in [7, 11) is -3.84. The molecule has 0 saturated heterocycles. The lowest BCUT2D eigenvalue weighted by Crippen LogP contribution is -2.33. The van der Waals surface area contributed by atoms with Crippen LogP contribution in [-0.4, -0.2) is 50.0 Å². The molecule has 2 heterocycles. The number of amides is 3. The maximum absolute atomic E-state index is 12.8. The average Bonchev–Trinajstić information content (AvgIpc) is 2.95. The molecule has 2 aromatic rings. The van der Waals surface area contributed by atoms with E-state index in [1.807, 2.05) is 6.92 Å². The van der Waals surface area contributed by atoms with Gasteiger partial charge in [-0.25, -0.2) is 8.42 Å². The Hall–Kier alpha value is -3.53. The zero-order valence-corrected chi connectivity index (χ0v) is 19.7. The number of nitrogens with zero attached hydrogens (tertiary/aromatic N) is 2. The Morgan fingerprint density at radius 2 is 1.82 bits per heavy atom. The number of benzene rings is 2. The number of imide groups is 1. The number of fused-ring (bicyclic) bond motifs is 1. The second-order valence-corrected chi connectivity index (χ2v) is 10.1. The van der Waals surface area contributed by atoms with Crippen molar-refractivity contribution in [3.8, 4) is 0 Å². The topological polar surface area (TPSA) is 125 Å². The SMILES string of the molecule is Cc1ccc2c(c1)C(=O)N(CCC(=O)Nc1cccc(S(=O)(=O)NC3=NCCCCC3)c1)C2=O. The van der Waals surface area contributed by atoms with Crippen LogP contribution >= 0.6 is 0 Å². The Balaban J connectivity index is 1.38. The average molecular weight is 483 g/mol. The molecule has 0 fully saturated rings. The van der Waals surface area contributed by atoms with Crippen molar-refractivity contribution in [2.24, 2.45) is 4.99 Å². The minimum absolute atomic E-state index is 0.00737. The molecule has 4 rings (SSSR count). The quantitative estimate of drug-likeness (QED) is 0.613. The van der Waals surface area contributed by atoms with E-state index in [0.29, 0.717) is 35.6 Å². The summed E-state index contributed by atoms with van der Waals surface area (Å²) in [5.74, 6) is -0.836. The Bertz CT molecular complexity index is 1290. The van der Waals surface area contributed by atoms with Crippen molar-refractivity contribution < 1.29 is 22.8 Å². The van der Waals surface area contributed by atoms with Crippen molar-refractivity contribution in [2.45, 2.75) is 43.9 Å². The Morgan fingerprint density at radius 1 is 1.03 bits per heavy atom. The highest BCUT2D eigenvalue weighted by Gasteiger charge is 2.35. The van der Waals surface area contributed by atoms with Gasteiger partial charge in [-0.2, -0.15) is 0 Å². The minimum Gasteiger partial charge on any atom is -0.326 e. The number of nitrogens with one attached hydrogen (secondary N) is 2. The number of rotatable bonds is 6. The molecule has 2 N–H and O–H groups in total. The van der Waals surface area contributed by atoms with Crippen molar-refractivity contribution in [3.05, 3.63) is 59.2 Å². The summed E-state index contributed by atoms with van der Waals surface area (Å²) < 4.78 is 28.1. The van der Waals surface area contributed by atoms with Crippen LogP contribution in [-0.2, 0) is 14.8 Å². The van der Waals surface area contributed by atoms with Crippen molar-refractivity contribution in [1.29, 1.82) is 0 Å². The molecule has 2 aliphatic heterocycles. The molecule has 2 aliphatic rings. The number of hydrogen-bond donors (Lipinski definition) is 2. The number of amidine groups is 1. The summed E-state index contributed by atoms with van der Waals surface area (Å²) in [5, 5.41) is 2.64. The minimum atomic E-state index is -3.84. The standard InChI is InChI=1S/C24H26N4O5S/c1-16-9-10-19-20(14-16)24(31)28(23(19)30)13-11-22(29)26-17-6-5-7-18(15-17)34(32,33)27-21-8-3-2-4-12-25-21/h5-7,9-10,14-15H,2-4,8,11-13H2,1H3,(H,25,27)(H,26,29). The van der Waals surface area contributed by atoms with E-state index < -0.39 is 27.7 Å². The first kappa shape index (κ1) is 23.6. The highest BCUT2D eigenvalue weighted by atomic mass is 32.2. The van der Waals surface area contributed by atoms with Gasteiger partial charge in [-0.05, 0) is 50.1 Å². The van der Waals surface area contributed by atoms with Crippen LogP contribution in [0.5, 0.6) is 0 Å². The van der Waals surface area contributed by atoms with Crippen molar-refractivity contribution in [2.75, 3.05) is 18.4 Å². The number of hydrogen-bond acceptors (Lipinski definition) is 6. The third-order valence-electron chi connectivity index (χ3n) is 5.74. The summed E-state index contributed by atoms with van der Waals surface area (Å²) >= 11 is 0. The van der Waals surface area contributed by atoms with Crippen molar-refractivity contribution in [1.82, 2.24) is 9.62 Å². The number of sulfonamides is 1. The van der Waals surface area contributed by atoms with E-state index in [4.69, 9.17) is 0 Å². The molecule has 0 aromatic heterocycles. The van der Waals surface area contributed by atoms with Gasteiger partial charge in [-0.15, -0.1) is 0 Å². The van der Waals surface area contributed by atoms with E-state index in [-0.39, 0.29) is 17.9 Å². The molecule has 0 radical (unpaired) electrons. The highest BCUT2D eigenvalue weighted by Crippen LogP contribution is 2.24. The smallest absolute Gasteiger partial charge is 0.262 e. The monoisotopic (exact) mass is 482 g/mol. The molecular formula is C24H26N4O5S. The van der Waals surface area contributed by atoms with Gasteiger partial charge in [0.2, 0.25) is 5.91 Å². The molecule has 0 unspecified atom stereocenters. The normalized spacial score (nSPS) is 16.0. The molecule has 0 saturated carbocycles. The van der Waals surface area contributed by atoms with Crippen LogP contribution in [0.1, 0.15) is 58.4 Å². The van der Waals surface area contributed by atoms with E-state index in [9.17, 15) is 22.8 Å². The first-order valence-electron chi connectivity index (χ1n) is 11.2. The Labute approximate surface area is 198 Å². The molecule has 0 spiro atoms. The van der Waals surface area contributed by atoms with Crippen LogP contribution in [0.4, 0.5) is 5.69 Å². The second kappa shape index (κ2) is 9.76. The molecule has 3 amide bonds. The fraction of sp³-hybridized carbons (Fsp3) is 0.333. The fourth-order valence-electron chi connectivity index (χ4n) is 3.96. The summed E-state index contributed by atoms with van der Waals surface area (Å²) in [6.07, 6.45) is 3.29. The van der Waals surface area contributed by atoms with E-state index >= 15 is 0 Å². The number of anilines is 1. The molecule has 178 valence electrons. The van der Waals surface area contributed by atoms with Gasteiger partial charge in [-0.1, -0.05) is 24.1 Å². The number of aryl methyl sites for hydroxylation is 1. The maximum atomic E-state index is 12.8. The van der Waals surface area contributed by atoms with Crippen LogP contribution < -0.4 is 10.0 Å². The number of carbonyl (C=O) groups is 3. The van der Waals surface area contributed by atoms with Gasteiger partial charge in [0.1, 0.15) is 5.84 Å². The van der Waals surface area contributed by atoms with Gasteiger partial charge in [-0.3, -0.25) is 29.0 Å². The van der Waals surface area contributed by atoms with Gasteiger partial charge >= 0.3 is 0 Å². The van der Waals surface area contributed by atoms with Crippen LogP contribution in [0.2, 0.25) is 0 Å². The summed E-state index contributed by atoms with van der Waals surface area (Å²) in [4.78, 5) is 42.9. The number of aliphatic imine (C=N–C) groups is 1. The molecule has 0 atom stereocenters. The van der Waals surface area contributed by atoms with Gasteiger partial charge in [0.25, 0.3) is 21.8 Å². The Kier molecular flexibility index (Phi) is 6.78. The van der Waals surface area contributed by atoms with E-state index in [2.05, 4.69) is 15.0 Å². The van der Waals surface area contributed by atoms with Gasteiger partial charge in [0, 0.05) is 31.6 Å². The van der Waals surface area contributed by atoms with Gasteiger partial charge in [0.05, 0.1) is 16.0 Å². The molecular weight excluding hydrogens is 456 g/mol. The van der Waals surface area contributed by atoms with Crippen LogP contribution in [0.25, 0.3) is 0 Å². The van der Waals surface area contributed by atoms with E-state index in [1.54, 1.807) is 24.3 Å². The van der Waals surface area contributed by atoms with Crippen LogP contribution in [0, 0.1) is 6.92 Å². The zero-order valence-electron chi connectivity index (χ0n) is 18.8. The maximum Gasteiger partial charge on any atom is 0.262 e. The van der Waals surface area contributed by atoms with Crippen molar-refractivity contribution >= 4 is 39.3 Å². The number of carbonyl (C=O) groups excluding carboxylic acids is 3. The zero-order chi connectivity index (χ0) is 24.3. The lowest BCUT2D eigenvalue weighted by atomic mass is 10.1. The molecule has 10 heteroatoms. The molecule has 0 aliphatic carbocycles. The molecule has 34 heavy (non-hydrogen) atoms. The summed E-state index contributed by atoms with van der Waals surface area (Å²) in [6.45, 7) is 2.36.